The van der Waals surface area contributed by atoms with Gasteiger partial charge in [0.05, 0.1) is 21.8 Å². The largest absolute Gasteiger partial charge is 0.396 e. The summed E-state index contributed by atoms with van der Waals surface area (Å²) >= 11 is 11.8. The molecule has 1 aromatic carbocycles. The number of nitrogen functional groups attached to an aromatic ring is 1. The van der Waals surface area contributed by atoms with Gasteiger partial charge in [0.2, 0.25) is 0 Å². The minimum Gasteiger partial charge on any atom is -0.396 e. The van der Waals surface area contributed by atoms with E-state index in [2.05, 4.69) is 0 Å². The van der Waals surface area contributed by atoms with Crippen molar-refractivity contribution in [3.63, 3.8) is 0 Å². The van der Waals surface area contributed by atoms with Gasteiger partial charge in [0.1, 0.15) is 0 Å². The number of anilines is 1. The predicted octanol–water partition coefficient (Wildman–Crippen LogP) is 2.44. The predicted molar refractivity (Wildman–Crippen MR) is 72.2 cm³/mol. The van der Waals surface area contributed by atoms with Crippen molar-refractivity contribution in [2.24, 2.45) is 0 Å². The van der Waals surface area contributed by atoms with Crippen LogP contribution in [0.5, 0.6) is 0 Å². The Morgan fingerprint density at radius 1 is 1.44 bits per heavy atom. The third-order valence-electron chi connectivity index (χ3n) is 3.09. The van der Waals surface area contributed by atoms with Crippen molar-refractivity contribution in [2.75, 3.05) is 25.9 Å². The van der Waals surface area contributed by atoms with Gasteiger partial charge in [-0.15, -0.1) is 0 Å². The normalized spacial score (nSPS) is 19.3. The number of hydrogen-bond donors (Lipinski definition) is 1. The fourth-order valence-corrected chi connectivity index (χ4v) is 2.48. The third kappa shape index (κ3) is 2.55. The molecule has 1 fully saturated rings. The first-order valence-electron chi connectivity index (χ1n) is 5.59. The molecule has 1 aliphatic heterocycles. The van der Waals surface area contributed by atoms with Crippen molar-refractivity contribution in [1.82, 2.24) is 4.90 Å². The summed E-state index contributed by atoms with van der Waals surface area (Å²) in [5.74, 6) is -0.0987. The fraction of sp³-hybridized carbons (Fsp3) is 0.417. The summed E-state index contributed by atoms with van der Waals surface area (Å²) in [4.78, 5) is 14.0. The molecule has 2 rings (SSSR count). The molecular weight excluding hydrogens is 275 g/mol. The van der Waals surface area contributed by atoms with E-state index in [-0.39, 0.29) is 12.0 Å². The average Bonchev–Trinajstić information content (AvgIpc) is 2.83. The Morgan fingerprint density at radius 3 is 2.56 bits per heavy atom. The number of amides is 1. The highest BCUT2D eigenvalue weighted by molar-refractivity contribution is 6.39. The Hall–Kier alpha value is -0.970. The van der Waals surface area contributed by atoms with E-state index in [1.807, 2.05) is 0 Å². The van der Waals surface area contributed by atoms with Gasteiger partial charge < -0.3 is 15.4 Å². The Bertz CT molecular complexity index is 456. The van der Waals surface area contributed by atoms with E-state index < -0.39 is 0 Å². The average molecular weight is 289 g/mol. The van der Waals surface area contributed by atoms with Gasteiger partial charge in [0.15, 0.2) is 0 Å². The first-order chi connectivity index (χ1) is 8.52. The zero-order chi connectivity index (χ0) is 13.3. The first kappa shape index (κ1) is 13.5. The molecule has 98 valence electrons. The van der Waals surface area contributed by atoms with Crippen LogP contribution in [0.2, 0.25) is 10.0 Å². The Morgan fingerprint density at radius 2 is 2.06 bits per heavy atom. The van der Waals surface area contributed by atoms with Gasteiger partial charge in [-0.25, -0.2) is 0 Å². The summed E-state index contributed by atoms with van der Waals surface area (Å²) in [6.45, 7) is 1.27. The SMILES string of the molecule is COC1CCN(C(=O)c2cc(Cl)c(N)c(Cl)c2)C1. The summed E-state index contributed by atoms with van der Waals surface area (Å²) in [6.07, 6.45) is 0.951. The Kier molecular flexibility index (Phi) is 4.00. The zero-order valence-corrected chi connectivity index (χ0v) is 11.5. The third-order valence-corrected chi connectivity index (χ3v) is 3.72. The molecule has 18 heavy (non-hydrogen) atoms. The van der Waals surface area contributed by atoms with Crippen LogP contribution >= 0.6 is 23.2 Å². The van der Waals surface area contributed by atoms with E-state index in [9.17, 15) is 4.79 Å². The van der Waals surface area contributed by atoms with E-state index in [0.717, 1.165) is 6.42 Å². The lowest BCUT2D eigenvalue weighted by atomic mass is 10.2. The van der Waals surface area contributed by atoms with Crippen molar-refractivity contribution < 1.29 is 9.53 Å². The molecule has 0 spiro atoms. The first-order valence-corrected chi connectivity index (χ1v) is 6.35. The quantitative estimate of drug-likeness (QED) is 0.851. The monoisotopic (exact) mass is 288 g/mol. The molecule has 2 N–H and O–H groups in total. The van der Waals surface area contributed by atoms with Gasteiger partial charge >= 0.3 is 0 Å². The zero-order valence-electron chi connectivity index (χ0n) is 9.95. The van der Waals surface area contributed by atoms with Crippen LogP contribution < -0.4 is 5.73 Å². The highest BCUT2D eigenvalue weighted by Crippen LogP contribution is 2.29. The second kappa shape index (κ2) is 5.34. The molecule has 1 amide bonds. The minimum absolute atomic E-state index is 0.0987. The van der Waals surface area contributed by atoms with Crippen LogP contribution in [0.4, 0.5) is 5.69 Å². The van der Waals surface area contributed by atoms with E-state index in [0.29, 0.717) is 34.4 Å². The molecule has 0 aliphatic carbocycles. The molecule has 0 aromatic heterocycles. The number of nitrogens with two attached hydrogens (primary N) is 1. The van der Waals surface area contributed by atoms with Crippen molar-refractivity contribution in [3.05, 3.63) is 27.7 Å². The number of nitrogens with zero attached hydrogens (tertiary/aromatic N) is 1. The lowest BCUT2D eigenvalue weighted by molar-refractivity contribution is 0.0724. The fourth-order valence-electron chi connectivity index (χ4n) is 2.00. The standard InChI is InChI=1S/C12H14Cl2N2O2/c1-18-8-2-3-16(6-8)12(17)7-4-9(13)11(15)10(14)5-7/h4-5,8H,2-3,6,15H2,1H3. The molecule has 1 atom stereocenters. The number of benzene rings is 1. The molecule has 4 nitrogen and oxygen atoms in total. The minimum atomic E-state index is -0.0987. The summed E-state index contributed by atoms with van der Waals surface area (Å²) in [6, 6.07) is 3.09. The molecular formula is C12H14Cl2N2O2. The lowest BCUT2D eigenvalue weighted by Crippen LogP contribution is -2.30. The van der Waals surface area contributed by atoms with Crippen LogP contribution in [0.3, 0.4) is 0 Å². The number of halogens is 2. The number of carbonyl (C=O) groups excluding carboxylic acids is 1. The van der Waals surface area contributed by atoms with Gasteiger partial charge in [0.25, 0.3) is 5.91 Å². The number of methoxy groups -OCH3 is 1. The summed E-state index contributed by atoms with van der Waals surface area (Å²) in [5.41, 5.74) is 6.39. The van der Waals surface area contributed by atoms with Gasteiger partial charge in [-0.2, -0.15) is 0 Å². The van der Waals surface area contributed by atoms with Gasteiger partial charge in [-0.3, -0.25) is 4.79 Å². The molecule has 1 saturated heterocycles. The highest BCUT2D eigenvalue weighted by Gasteiger charge is 2.27. The number of hydrogen-bond acceptors (Lipinski definition) is 3. The van der Waals surface area contributed by atoms with Crippen molar-refractivity contribution in [2.45, 2.75) is 12.5 Å². The van der Waals surface area contributed by atoms with E-state index in [1.165, 1.54) is 0 Å². The van der Waals surface area contributed by atoms with Crippen LogP contribution in [0.1, 0.15) is 16.8 Å². The molecule has 6 heteroatoms. The lowest BCUT2D eigenvalue weighted by Gasteiger charge is -2.17. The Labute approximate surface area is 116 Å². The molecule has 0 bridgehead atoms. The maximum absolute atomic E-state index is 12.2. The van der Waals surface area contributed by atoms with Crippen LogP contribution in [-0.2, 0) is 4.74 Å². The van der Waals surface area contributed by atoms with Crippen LogP contribution in [0.25, 0.3) is 0 Å². The van der Waals surface area contributed by atoms with Crippen LogP contribution in [-0.4, -0.2) is 37.1 Å². The molecule has 1 aromatic rings. The smallest absolute Gasteiger partial charge is 0.254 e. The Balaban J connectivity index is 2.19. The molecule has 0 radical (unpaired) electrons. The van der Waals surface area contributed by atoms with Crippen molar-refractivity contribution in [3.8, 4) is 0 Å². The molecule has 1 unspecified atom stereocenters. The number of carbonyl (C=O) groups is 1. The van der Waals surface area contributed by atoms with E-state index >= 15 is 0 Å². The van der Waals surface area contributed by atoms with E-state index in [4.69, 9.17) is 33.7 Å². The summed E-state index contributed by atoms with van der Waals surface area (Å²) in [5, 5.41) is 0.599. The summed E-state index contributed by atoms with van der Waals surface area (Å²) < 4.78 is 5.23. The van der Waals surface area contributed by atoms with Crippen molar-refractivity contribution in [1.29, 1.82) is 0 Å². The van der Waals surface area contributed by atoms with E-state index in [1.54, 1.807) is 24.1 Å². The molecule has 0 saturated carbocycles. The second-order valence-electron chi connectivity index (χ2n) is 4.25. The van der Waals surface area contributed by atoms with Gasteiger partial charge in [0, 0.05) is 25.8 Å². The van der Waals surface area contributed by atoms with Gasteiger partial charge in [-0.05, 0) is 18.6 Å². The van der Waals surface area contributed by atoms with Crippen LogP contribution in [0.15, 0.2) is 12.1 Å². The maximum Gasteiger partial charge on any atom is 0.254 e. The second-order valence-corrected chi connectivity index (χ2v) is 5.07. The number of rotatable bonds is 2. The molecule has 1 heterocycles. The topological polar surface area (TPSA) is 55.6 Å². The number of likely N-dealkylation sites (tertiary alicyclic amines) is 1. The van der Waals surface area contributed by atoms with Crippen molar-refractivity contribution >= 4 is 34.8 Å². The van der Waals surface area contributed by atoms with Gasteiger partial charge in [-0.1, -0.05) is 23.2 Å². The number of ether oxygens (including phenoxy) is 1. The molecule has 1 aliphatic rings. The maximum atomic E-state index is 12.2. The summed E-state index contributed by atoms with van der Waals surface area (Å²) in [7, 11) is 1.65. The van der Waals surface area contributed by atoms with Crippen LogP contribution in [0, 0.1) is 0 Å². The highest BCUT2D eigenvalue weighted by atomic mass is 35.5.